The van der Waals surface area contributed by atoms with Gasteiger partial charge in [-0.1, -0.05) is 47.0 Å². The normalized spacial score (nSPS) is 18.6. The fraction of sp³-hybridized carbons (Fsp3) is 0.238. The highest BCUT2D eigenvalue weighted by atomic mass is 32.2. The van der Waals surface area contributed by atoms with Crippen LogP contribution in [0.15, 0.2) is 49.4 Å². The third-order valence-corrected chi connectivity index (χ3v) is 10.2. The van der Waals surface area contributed by atoms with Crippen molar-refractivity contribution in [3.63, 3.8) is 0 Å². The van der Waals surface area contributed by atoms with E-state index in [1.54, 1.807) is 20.9 Å². The summed E-state index contributed by atoms with van der Waals surface area (Å²) < 4.78 is 12.6. The lowest BCUT2D eigenvalue weighted by Crippen LogP contribution is -2.17. The Bertz CT molecular complexity index is 1350. The average molecular weight is 549 g/mol. The van der Waals surface area contributed by atoms with E-state index in [1.807, 2.05) is 0 Å². The number of hydrogen-bond donors (Lipinski definition) is 1. The minimum atomic E-state index is -0.529. The number of amides is 2. The third-order valence-electron chi connectivity index (χ3n) is 5.00. The van der Waals surface area contributed by atoms with Crippen LogP contribution in [0.3, 0.4) is 0 Å². The minimum absolute atomic E-state index is 0.251. The number of hydrazone groups is 2. The van der Waals surface area contributed by atoms with Crippen molar-refractivity contribution in [1.82, 2.24) is 10.4 Å². The van der Waals surface area contributed by atoms with E-state index in [-0.39, 0.29) is 11.8 Å². The van der Waals surface area contributed by atoms with Gasteiger partial charge in [-0.15, -0.1) is 0 Å². The van der Waals surface area contributed by atoms with Gasteiger partial charge in [-0.3, -0.25) is 19.2 Å². The maximum absolute atomic E-state index is 12.7. The van der Waals surface area contributed by atoms with Crippen LogP contribution < -0.4 is 14.9 Å². The smallest absolute Gasteiger partial charge is 0.308 e. The summed E-state index contributed by atoms with van der Waals surface area (Å²) in [4.78, 5) is 51.5. The lowest BCUT2D eigenvalue weighted by atomic mass is 10.2. The molecule has 180 valence electrons. The van der Waals surface area contributed by atoms with Gasteiger partial charge in [0, 0.05) is 20.9 Å². The number of carbonyl (C=O) groups excluding carboxylic acids is 4. The highest BCUT2D eigenvalue weighted by Gasteiger charge is 2.42. The number of esters is 2. The van der Waals surface area contributed by atoms with Gasteiger partial charge in [-0.2, -0.15) is 10.2 Å². The van der Waals surface area contributed by atoms with Gasteiger partial charge >= 0.3 is 11.9 Å². The Morgan fingerprint density at radius 1 is 0.800 bits per heavy atom. The van der Waals surface area contributed by atoms with E-state index in [9.17, 15) is 19.2 Å². The largest absolute Gasteiger partial charge is 0.424 e. The summed E-state index contributed by atoms with van der Waals surface area (Å²) in [7, 11) is 1.58. The van der Waals surface area contributed by atoms with Crippen molar-refractivity contribution in [3.05, 3.63) is 19.6 Å². The molecule has 14 heteroatoms. The predicted octanol–water partition coefficient (Wildman–Crippen LogP) is 3.71. The molecule has 0 aromatic heterocycles. The number of hydrogen-bond acceptors (Lipinski definition) is 12. The van der Waals surface area contributed by atoms with Crippen LogP contribution in [0, 0.1) is 0 Å². The molecule has 0 aliphatic carbocycles. The molecule has 0 radical (unpaired) electrons. The maximum atomic E-state index is 12.7. The van der Waals surface area contributed by atoms with Gasteiger partial charge < -0.3 is 9.47 Å². The van der Waals surface area contributed by atoms with Crippen molar-refractivity contribution in [1.29, 1.82) is 0 Å². The minimum Gasteiger partial charge on any atom is -0.424 e. The van der Waals surface area contributed by atoms with E-state index in [1.165, 1.54) is 65.9 Å². The van der Waals surface area contributed by atoms with Crippen LogP contribution in [0.5, 0.6) is 11.5 Å². The second-order valence-electron chi connectivity index (χ2n) is 7.55. The number of carbonyl (C=O) groups is 4. The van der Waals surface area contributed by atoms with Crippen LogP contribution in [-0.4, -0.2) is 47.2 Å². The third kappa shape index (κ3) is 3.97. The molecule has 0 spiro atoms. The summed E-state index contributed by atoms with van der Waals surface area (Å²) in [6.45, 7) is 6.05. The van der Waals surface area contributed by atoms with Crippen LogP contribution in [-0.2, 0) is 19.2 Å². The molecule has 2 amide bonds. The van der Waals surface area contributed by atoms with E-state index in [0.29, 0.717) is 62.1 Å². The summed E-state index contributed by atoms with van der Waals surface area (Å²) >= 11 is 5.01. The highest BCUT2D eigenvalue weighted by molar-refractivity contribution is 8.26. The summed E-state index contributed by atoms with van der Waals surface area (Å²) in [5.74, 6) is -1.06. The SMILES string of the molecule is CC(=O)Oc1c2c(c(OC(C)=O)c3c1SC(=C1C(=O)N(C)N=C1C)S3)SC(=C1C(=O)NN=C1C)S2. The zero-order chi connectivity index (χ0) is 25.2. The molecule has 1 aromatic rings. The summed E-state index contributed by atoms with van der Waals surface area (Å²) in [6.07, 6.45) is 0. The lowest BCUT2D eigenvalue weighted by molar-refractivity contribution is -0.133. The Hall–Kier alpha value is -2.68. The van der Waals surface area contributed by atoms with E-state index in [2.05, 4.69) is 15.6 Å². The van der Waals surface area contributed by atoms with Crippen molar-refractivity contribution in [2.75, 3.05) is 7.05 Å². The Balaban J connectivity index is 1.72. The van der Waals surface area contributed by atoms with E-state index in [4.69, 9.17) is 9.47 Å². The van der Waals surface area contributed by atoms with Gasteiger partial charge in [0.25, 0.3) is 11.8 Å². The summed E-state index contributed by atoms with van der Waals surface area (Å²) in [6, 6.07) is 0. The predicted molar refractivity (Wildman–Crippen MR) is 134 cm³/mol. The Morgan fingerprint density at radius 3 is 1.60 bits per heavy atom. The molecule has 5 rings (SSSR count). The first-order chi connectivity index (χ1) is 16.6. The number of nitrogens with zero attached hydrogens (tertiary/aromatic N) is 3. The molecule has 0 atom stereocenters. The molecule has 0 saturated carbocycles. The first kappa shape index (κ1) is 24.0. The molecule has 1 N–H and O–H groups in total. The monoisotopic (exact) mass is 548 g/mol. The van der Waals surface area contributed by atoms with Crippen LogP contribution in [0.25, 0.3) is 0 Å². The van der Waals surface area contributed by atoms with Gasteiger partial charge in [0.05, 0.1) is 50.6 Å². The zero-order valence-electron chi connectivity index (χ0n) is 18.9. The number of ether oxygens (including phenoxy) is 2. The number of rotatable bonds is 2. The maximum Gasteiger partial charge on any atom is 0.308 e. The Kier molecular flexibility index (Phi) is 6.02. The molecular formula is C21H16N4O6S4. The van der Waals surface area contributed by atoms with Crippen molar-refractivity contribution in [2.24, 2.45) is 10.2 Å². The second kappa shape index (κ2) is 8.76. The molecular weight excluding hydrogens is 533 g/mol. The van der Waals surface area contributed by atoms with Crippen molar-refractivity contribution >= 4 is 82.2 Å². The topological polar surface area (TPSA) is 127 Å². The lowest BCUT2D eigenvalue weighted by Gasteiger charge is -2.15. The molecule has 0 bridgehead atoms. The molecule has 0 fully saturated rings. The second-order valence-corrected chi connectivity index (χ2v) is 12.1. The molecule has 35 heavy (non-hydrogen) atoms. The zero-order valence-corrected chi connectivity index (χ0v) is 22.2. The van der Waals surface area contributed by atoms with Crippen LogP contribution in [0.4, 0.5) is 0 Å². The van der Waals surface area contributed by atoms with Crippen LogP contribution >= 0.6 is 47.0 Å². The van der Waals surface area contributed by atoms with Gasteiger partial charge in [-0.05, 0) is 13.8 Å². The number of fused-ring (bicyclic) bond motifs is 2. The van der Waals surface area contributed by atoms with Crippen LogP contribution in [0.2, 0.25) is 0 Å². The number of likely N-dealkylation sites (N-methyl/N-ethyl adjacent to an activating group) is 1. The van der Waals surface area contributed by atoms with E-state index < -0.39 is 11.9 Å². The van der Waals surface area contributed by atoms with Gasteiger partial charge in [0.1, 0.15) is 0 Å². The summed E-state index contributed by atoms with van der Waals surface area (Å²) in [5.41, 5.74) is 4.39. The average Bonchev–Trinajstić information content (AvgIpc) is 3.51. The van der Waals surface area contributed by atoms with Crippen molar-refractivity contribution in [3.8, 4) is 11.5 Å². The van der Waals surface area contributed by atoms with E-state index in [0.717, 1.165) is 0 Å². The van der Waals surface area contributed by atoms with Crippen molar-refractivity contribution < 1.29 is 28.7 Å². The molecule has 4 heterocycles. The molecule has 0 saturated heterocycles. The number of thioether (sulfide) groups is 4. The molecule has 1 aromatic carbocycles. The first-order valence-corrected chi connectivity index (χ1v) is 13.3. The Morgan fingerprint density at radius 2 is 1.26 bits per heavy atom. The molecule has 0 unspecified atom stereocenters. The van der Waals surface area contributed by atoms with E-state index >= 15 is 0 Å². The fourth-order valence-electron chi connectivity index (χ4n) is 3.60. The molecule has 4 aliphatic heterocycles. The van der Waals surface area contributed by atoms with Gasteiger partial charge in [0.15, 0.2) is 11.5 Å². The van der Waals surface area contributed by atoms with Crippen LogP contribution in [0.1, 0.15) is 27.7 Å². The standard InChI is InChI=1S/C21H16N4O6S4/c1-6-10(18(28)23-22-6)20-32-14-12(30-8(3)26)16-17(13(15(14)33-20)31-9(4)27)35-21(34-16)11-7(2)24-25(5)19(11)29/h1-5H3,(H,23,28). The number of benzene rings is 1. The first-order valence-electron chi connectivity index (χ1n) is 10.1. The number of nitrogens with one attached hydrogen (secondary N) is 1. The van der Waals surface area contributed by atoms with Gasteiger partial charge in [0.2, 0.25) is 0 Å². The summed E-state index contributed by atoms with van der Waals surface area (Å²) in [5, 5.41) is 9.46. The van der Waals surface area contributed by atoms with Crippen molar-refractivity contribution in [2.45, 2.75) is 47.3 Å². The highest BCUT2D eigenvalue weighted by Crippen LogP contribution is 2.68. The molecule has 4 aliphatic rings. The van der Waals surface area contributed by atoms with Gasteiger partial charge in [-0.25, -0.2) is 10.4 Å². The molecule has 10 nitrogen and oxygen atoms in total. The quantitative estimate of drug-likeness (QED) is 0.332. The fourth-order valence-corrected chi connectivity index (χ4v) is 9.35. The Labute approximate surface area is 216 Å².